The number of carboxylic acids is 1. The van der Waals surface area contributed by atoms with Crippen LogP contribution in [0.1, 0.15) is 23.7 Å². The maximum absolute atomic E-state index is 11.3. The first-order valence-electron chi connectivity index (χ1n) is 5.59. The van der Waals surface area contributed by atoms with Gasteiger partial charge in [0.15, 0.2) is 0 Å². The summed E-state index contributed by atoms with van der Waals surface area (Å²) >= 11 is 0. The number of aliphatic carboxylic acids is 1. The minimum Gasteiger partial charge on any atom is -0.481 e. The first-order valence-corrected chi connectivity index (χ1v) is 5.59. The van der Waals surface area contributed by atoms with E-state index in [9.17, 15) is 9.59 Å². The van der Waals surface area contributed by atoms with Crippen molar-refractivity contribution < 1.29 is 19.4 Å². The van der Waals surface area contributed by atoms with Crippen LogP contribution in [0.4, 0.5) is 5.82 Å². The van der Waals surface area contributed by atoms with Crippen LogP contribution in [0.2, 0.25) is 0 Å². The van der Waals surface area contributed by atoms with Gasteiger partial charge >= 0.3 is 11.9 Å². The van der Waals surface area contributed by atoms with Crippen molar-refractivity contribution in [2.24, 2.45) is 5.92 Å². The molecule has 1 aromatic heterocycles. The molecule has 18 heavy (non-hydrogen) atoms. The monoisotopic (exact) mass is 252 g/mol. The van der Waals surface area contributed by atoms with Crippen LogP contribution in [0.5, 0.6) is 0 Å². The number of carbonyl (C=O) groups is 2. The normalized spacial score (nSPS) is 11.7. The van der Waals surface area contributed by atoms with Crippen molar-refractivity contribution >= 4 is 17.8 Å². The van der Waals surface area contributed by atoms with Crippen molar-refractivity contribution in [2.75, 3.05) is 19.0 Å². The van der Waals surface area contributed by atoms with Gasteiger partial charge in [0.25, 0.3) is 0 Å². The number of methoxy groups -OCH3 is 1. The van der Waals surface area contributed by atoms with E-state index in [0.29, 0.717) is 17.8 Å². The number of rotatable bonds is 6. The van der Waals surface area contributed by atoms with Gasteiger partial charge in [-0.3, -0.25) is 4.79 Å². The molecule has 0 spiro atoms. The summed E-state index contributed by atoms with van der Waals surface area (Å²) < 4.78 is 4.59. The van der Waals surface area contributed by atoms with E-state index in [2.05, 4.69) is 15.0 Å². The lowest BCUT2D eigenvalue weighted by Crippen LogP contribution is -2.22. The number of ether oxygens (including phenoxy) is 1. The van der Waals surface area contributed by atoms with Gasteiger partial charge in [0.1, 0.15) is 5.82 Å². The molecule has 1 rings (SSSR count). The third kappa shape index (κ3) is 3.73. The average molecular weight is 252 g/mol. The first-order chi connectivity index (χ1) is 8.58. The van der Waals surface area contributed by atoms with Gasteiger partial charge in [-0.05, 0) is 18.6 Å². The molecule has 1 heterocycles. The van der Waals surface area contributed by atoms with Gasteiger partial charge in [-0.2, -0.15) is 0 Å². The summed E-state index contributed by atoms with van der Waals surface area (Å²) in [4.78, 5) is 26.1. The molecule has 0 fully saturated rings. The maximum Gasteiger partial charge on any atom is 0.338 e. The van der Waals surface area contributed by atoms with Crippen molar-refractivity contribution in [3.8, 4) is 0 Å². The molecule has 0 bridgehead atoms. The molecule has 98 valence electrons. The van der Waals surface area contributed by atoms with E-state index < -0.39 is 17.9 Å². The molecule has 0 aliphatic carbocycles. The molecule has 0 saturated carbocycles. The Kier molecular flexibility index (Phi) is 5.10. The number of pyridine rings is 1. The molecule has 6 heteroatoms. The van der Waals surface area contributed by atoms with Gasteiger partial charge in [0.2, 0.25) is 0 Å². The van der Waals surface area contributed by atoms with Gasteiger partial charge in [0.05, 0.1) is 18.6 Å². The van der Waals surface area contributed by atoms with Crippen molar-refractivity contribution in [3.05, 3.63) is 23.9 Å². The van der Waals surface area contributed by atoms with Crippen LogP contribution in [0.3, 0.4) is 0 Å². The number of nitrogens with zero attached hydrogens (tertiary/aromatic N) is 1. The van der Waals surface area contributed by atoms with Crippen molar-refractivity contribution in [3.63, 3.8) is 0 Å². The molecule has 0 radical (unpaired) electrons. The third-order valence-corrected chi connectivity index (χ3v) is 2.55. The summed E-state index contributed by atoms with van der Waals surface area (Å²) in [7, 11) is 1.30. The minimum atomic E-state index is -0.853. The highest BCUT2D eigenvalue weighted by molar-refractivity contribution is 5.90. The van der Waals surface area contributed by atoms with Crippen LogP contribution in [0.15, 0.2) is 18.3 Å². The van der Waals surface area contributed by atoms with Crippen LogP contribution >= 0.6 is 0 Å². The second kappa shape index (κ2) is 6.58. The predicted octanol–water partition coefficient (Wildman–Crippen LogP) is 1.39. The second-order valence-corrected chi connectivity index (χ2v) is 3.75. The maximum atomic E-state index is 11.3. The van der Waals surface area contributed by atoms with E-state index in [1.807, 2.05) is 0 Å². The highest BCUT2D eigenvalue weighted by Gasteiger charge is 2.15. The molecule has 1 aromatic rings. The molecule has 6 nitrogen and oxygen atoms in total. The predicted molar refractivity (Wildman–Crippen MR) is 65.5 cm³/mol. The topological polar surface area (TPSA) is 88.5 Å². The van der Waals surface area contributed by atoms with Gasteiger partial charge in [-0.15, -0.1) is 0 Å². The molecule has 0 aliphatic rings. The number of esters is 1. The first kappa shape index (κ1) is 14.0. The quantitative estimate of drug-likeness (QED) is 0.744. The lowest BCUT2D eigenvalue weighted by atomic mass is 10.1. The summed E-state index contributed by atoms with van der Waals surface area (Å²) in [6, 6.07) is 3.06. The molecule has 1 atom stereocenters. The van der Waals surface area contributed by atoms with Gasteiger partial charge in [-0.25, -0.2) is 9.78 Å². The zero-order valence-corrected chi connectivity index (χ0v) is 10.3. The van der Waals surface area contributed by atoms with E-state index in [0.717, 1.165) is 0 Å². The number of hydrogen-bond donors (Lipinski definition) is 2. The van der Waals surface area contributed by atoms with E-state index in [1.54, 1.807) is 6.92 Å². The molecule has 2 N–H and O–H groups in total. The van der Waals surface area contributed by atoms with Crippen LogP contribution in [-0.4, -0.2) is 35.7 Å². The zero-order chi connectivity index (χ0) is 13.5. The Morgan fingerprint density at radius 3 is 2.83 bits per heavy atom. The zero-order valence-electron chi connectivity index (χ0n) is 10.3. The Bertz CT molecular complexity index is 434. The van der Waals surface area contributed by atoms with E-state index in [-0.39, 0.29) is 6.54 Å². The SMILES string of the molecule is CCC(CNc1cc(C(=O)OC)ccn1)C(=O)O. The van der Waals surface area contributed by atoms with E-state index >= 15 is 0 Å². The Hall–Kier alpha value is -2.11. The highest BCUT2D eigenvalue weighted by atomic mass is 16.5. The number of anilines is 1. The smallest absolute Gasteiger partial charge is 0.338 e. The standard InChI is InChI=1S/C12H16N2O4/c1-3-8(11(15)16)7-14-10-6-9(4-5-13-10)12(17)18-2/h4-6,8H,3,7H2,1-2H3,(H,13,14)(H,15,16). The summed E-state index contributed by atoms with van der Waals surface area (Å²) in [5, 5.41) is 11.8. The van der Waals surface area contributed by atoms with Crippen LogP contribution in [0.25, 0.3) is 0 Å². The summed E-state index contributed by atoms with van der Waals surface area (Å²) in [6.07, 6.45) is 2.00. The highest BCUT2D eigenvalue weighted by Crippen LogP contribution is 2.10. The average Bonchev–Trinajstić information content (AvgIpc) is 2.38. The van der Waals surface area contributed by atoms with Crippen LogP contribution in [-0.2, 0) is 9.53 Å². The lowest BCUT2D eigenvalue weighted by Gasteiger charge is -2.11. The third-order valence-electron chi connectivity index (χ3n) is 2.55. The van der Waals surface area contributed by atoms with Gasteiger partial charge in [0, 0.05) is 12.7 Å². The fourth-order valence-corrected chi connectivity index (χ4v) is 1.41. The number of hydrogen-bond acceptors (Lipinski definition) is 5. The Morgan fingerprint density at radius 2 is 2.28 bits per heavy atom. The van der Waals surface area contributed by atoms with Crippen molar-refractivity contribution in [1.82, 2.24) is 4.98 Å². The molecule has 1 unspecified atom stereocenters. The summed E-state index contributed by atoms with van der Waals surface area (Å²) in [6.45, 7) is 2.07. The van der Waals surface area contributed by atoms with Gasteiger partial charge in [-0.1, -0.05) is 6.92 Å². The molecular formula is C12H16N2O4. The second-order valence-electron chi connectivity index (χ2n) is 3.75. The number of carboxylic acid groups (broad SMARTS) is 1. The number of aromatic nitrogens is 1. The fraction of sp³-hybridized carbons (Fsp3) is 0.417. The fourth-order valence-electron chi connectivity index (χ4n) is 1.41. The Morgan fingerprint density at radius 1 is 1.56 bits per heavy atom. The van der Waals surface area contributed by atoms with Crippen molar-refractivity contribution in [1.29, 1.82) is 0 Å². The van der Waals surface area contributed by atoms with Crippen LogP contribution < -0.4 is 5.32 Å². The lowest BCUT2D eigenvalue weighted by molar-refractivity contribution is -0.141. The Balaban J connectivity index is 2.68. The minimum absolute atomic E-state index is 0.267. The molecule has 0 saturated heterocycles. The van der Waals surface area contributed by atoms with Crippen molar-refractivity contribution in [2.45, 2.75) is 13.3 Å². The van der Waals surface area contributed by atoms with E-state index in [1.165, 1.54) is 25.4 Å². The number of carbonyl (C=O) groups excluding carboxylic acids is 1. The molecule has 0 amide bonds. The summed E-state index contributed by atoms with van der Waals surface area (Å²) in [5.41, 5.74) is 0.373. The Labute approximate surface area is 105 Å². The molecule has 0 aromatic carbocycles. The van der Waals surface area contributed by atoms with E-state index in [4.69, 9.17) is 5.11 Å². The number of nitrogens with one attached hydrogen (secondary N) is 1. The largest absolute Gasteiger partial charge is 0.481 e. The van der Waals surface area contributed by atoms with Gasteiger partial charge < -0.3 is 15.2 Å². The molecule has 0 aliphatic heterocycles. The van der Waals surface area contributed by atoms with Crippen LogP contribution in [0, 0.1) is 5.92 Å². The summed E-state index contributed by atoms with van der Waals surface area (Å²) in [5.74, 6) is -1.33. The molecular weight excluding hydrogens is 236 g/mol.